The summed E-state index contributed by atoms with van der Waals surface area (Å²) in [5.74, 6) is 0. The molecule has 0 aliphatic heterocycles. The lowest BCUT2D eigenvalue weighted by Gasteiger charge is -2.22. The fourth-order valence-electron chi connectivity index (χ4n) is 0.933. The lowest BCUT2D eigenvalue weighted by atomic mass is 10.2. The van der Waals surface area contributed by atoms with Crippen molar-refractivity contribution in [3.8, 4) is 0 Å². The van der Waals surface area contributed by atoms with Gasteiger partial charge >= 0.3 is 0 Å². The van der Waals surface area contributed by atoms with E-state index in [1.54, 1.807) is 0 Å². The van der Waals surface area contributed by atoms with Crippen molar-refractivity contribution in [2.24, 2.45) is 0 Å². The number of aliphatic hydroxyl groups excluding tert-OH is 1. The van der Waals surface area contributed by atoms with Crippen LogP contribution < -0.4 is 0 Å². The molecular weight excluding hydrogens is 270 g/mol. The molecule has 0 aliphatic rings. The van der Waals surface area contributed by atoms with Gasteiger partial charge in [-0.15, -0.1) is 0 Å². The van der Waals surface area contributed by atoms with Crippen LogP contribution in [0.25, 0.3) is 0 Å². The summed E-state index contributed by atoms with van der Waals surface area (Å²) >= 11 is 0. The highest BCUT2D eigenvalue weighted by molar-refractivity contribution is 4.95. The molecule has 2 nitrogen and oxygen atoms in total. The van der Waals surface area contributed by atoms with Crippen molar-refractivity contribution in [1.82, 2.24) is 4.90 Å². The van der Waals surface area contributed by atoms with Crippen LogP contribution in [0.4, 0.5) is 0 Å². The van der Waals surface area contributed by atoms with Gasteiger partial charge < -0.3 is 10.0 Å². The largest absolute Gasteiger partial charge is 0.387 e. The standard InChI is InChI=1S/C20H15NO.15H2/c1-5-6-7-8-9-10-11-12-13-14-15-16-17-18-20(22)19(2)21(3)4;;;;;;;;;;;;;;;/h18-20,22H,1H2,2-4H3;15*1H/t19-,20-;;;;;;;;;;;;;;;/m0.............../s1. The van der Waals surface area contributed by atoms with E-state index < -0.39 is 6.10 Å². The summed E-state index contributed by atoms with van der Waals surface area (Å²) < 4.78 is 0. The first-order chi connectivity index (χ1) is 10.6. The molecule has 2 atom stereocenters. The minimum Gasteiger partial charge on any atom is -0.387 e. The number of aliphatic hydroxyl groups is 1. The van der Waals surface area contributed by atoms with Gasteiger partial charge in [0.05, 0.1) is 6.10 Å². The molecule has 0 heterocycles. The third-order valence-corrected chi connectivity index (χ3v) is 2.35. The summed E-state index contributed by atoms with van der Waals surface area (Å²) in [6.45, 7) is 5.21. The van der Waals surface area contributed by atoms with Crippen molar-refractivity contribution in [3.63, 3.8) is 0 Å². The molecule has 0 unspecified atom stereocenters. The normalized spacial score (nSPS) is 9.50. The maximum Gasteiger partial charge on any atom is 0.0953 e. The van der Waals surface area contributed by atoms with Crippen molar-refractivity contribution < 1.29 is 26.5 Å². The first-order valence-electron chi connectivity index (χ1n) is 6.30. The van der Waals surface area contributed by atoms with E-state index in [0.29, 0.717) is 0 Å². The summed E-state index contributed by atoms with van der Waals surface area (Å²) in [4.78, 5) is 1.91. The molecule has 1 N–H and O–H groups in total. The van der Waals surface area contributed by atoms with Crippen molar-refractivity contribution in [2.45, 2.75) is 19.1 Å². The molecule has 0 fully saturated rings. The minimum absolute atomic E-state index is 0. The smallest absolute Gasteiger partial charge is 0.0953 e. The van der Waals surface area contributed by atoms with Crippen LogP contribution in [0.1, 0.15) is 28.3 Å². The van der Waals surface area contributed by atoms with Gasteiger partial charge in [-0.25, -0.2) is 0 Å². The zero-order valence-corrected chi connectivity index (χ0v) is 12.8. The van der Waals surface area contributed by atoms with Crippen LogP contribution in [0.5, 0.6) is 0 Å². The van der Waals surface area contributed by atoms with E-state index in [-0.39, 0.29) is 27.4 Å². The Labute approximate surface area is 153 Å². The second-order valence-corrected chi connectivity index (χ2v) is 4.06. The van der Waals surface area contributed by atoms with Crippen molar-refractivity contribution in [2.75, 3.05) is 14.1 Å². The Morgan fingerprint density at radius 1 is 0.864 bits per heavy atom. The Hall–Kier alpha value is -3.20. The lowest BCUT2D eigenvalue weighted by molar-refractivity contribution is 0.123. The van der Waals surface area contributed by atoms with E-state index in [4.69, 9.17) is 0 Å². The Kier molecular flexibility index (Phi) is 11.0. The van der Waals surface area contributed by atoms with Gasteiger partial charge in [-0.3, -0.25) is 0 Å². The third-order valence-electron chi connectivity index (χ3n) is 2.35. The molecule has 0 amide bonds. The second kappa shape index (κ2) is 12.8. The van der Waals surface area contributed by atoms with Gasteiger partial charge in [0.15, 0.2) is 0 Å². The Morgan fingerprint density at radius 3 is 1.68 bits per heavy atom. The molecule has 0 aliphatic carbocycles. The van der Waals surface area contributed by atoms with Gasteiger partial charge in [-0.2, -0.15) is 0 Å². The Morgan fingerprint density at radius 2 is 1.27 bits per heavy atom. The molecule has 2 heteroatoms. The summed E-state index contributed by atoms with van der Waals surface area (Å²) in [5, 5.41) is 9.74. The van der Waals surface area contributed by atoms with Gasteiger partial charge in [0.25, 0.3) is 0 Å². The second-order valence-electron chi connectivity index (χ2n) is 4.06. The number of hydrogen-bond acceptors (Lipinski definition) is 2. The molecule has 0 aromatic heterocycles. The minimum atomic E-state index is -0.624. The van der Waals surface area contributed by atoms with E-state index in [2.05, 4.69) is 81.1 Å². The fraction of sp³-hybridized carbons (Fsp3) is 0.250. The zero-order valence-electron chi connectivity index (χ0n) is 12.8. The topological polar surface area (TPSA) is 23.5 Å². The average Bonchev–Trinajstić information content (AvgIpc) is 2.50. The van der Waals surface area contributed by atoms with Crippen molar-refractivity contribution >= 4 is 0 Å². The van der Waals surface area contributed by atoms with Crippen LogP contribution in [-0.4, -0.2) is 36.2 Å². The number of nitrogens with zero attached hydrogens (tertiary/aromatic N) is 1. The first kappa shape index (κ1) is 18.8. The van der Waals surface area contributed by atoms with Crippen LogP contribution in [-0.2, 0) is 0 Å². The van der Waals surface area contributed by atoms with E-state index >= 15 is 0 Å². The van der Waals surface area contributed by atoms with Gasteiger partial charge in [-0.1, -0.05) is 11.5 Å². The highest BCUT2D eigenvalue weighted by Crippen LogP contribution is 1.99. The van der Waals surface area contributed by atoms with E-state index in [1.807, 2.05) is 25.9 Å². The van der Waals surface area contributed by atoms with Crippen LogP contribution in [0.2, 0.25) is 0 Å². The van der Waals surface area contributed by atoms with E-state index in [1.165, 1.54) is 6.08 Å². The molecule has 136 valence electrons. The maximum atomic E-state index is 9.74. The van der Waals surface area contributed by atoms with Crippen molar-refractivity contribution in [1.29, 1.82) is 0 Å². The predicted octanol–water partition coefficient (Wildman–Crippen LogP) is 6.19. The van der Waals surface area contributed by atoms with E-state index in [9.17, 15) is 5.11 Å². The SMILES string of the molecule is C=C=C=C=C=C=C=C=C=C=C=C=C=C=C[C@H](O)[C@H](C)N(C)C.[HH].[HH].[HH].[HH].[HH].[HH].[HH].[HH].[HH].[HH].[HH].[HH].[HH].[HH].[HH]. The fourth-order valence-corrected chi connectivity index (χ4v) is 0.933. The van der Waals surface area contributed by atoms with Crippen LogP contribution in [0, 0.1) is 0 Å². The molecule has 0 saturated heterocycles. The van der Waals surface area contributed by atoms with Crippen LogP contribution >= 0.6 is 0 Å². The molecule has 0 aromatic carbocycles. The van der Waals surface area contributed by atoms with Gasteiger partial charge in [-0.05, 0) is 96.7 Å². The van der Waals surface area contributed by atoms with Crippen LogP contribution in [0.15, 0.2) is 87.2 Å². The number of rotatable bonds is 3. The Bertz CT molecular complexity index is 905. The third kappa shape index (κ3) is 10.7. The average molecular weight is 316 g/mol. The summed E-state index contributed by atoms with van der Waals surface area (Å²) in [6, 6.07) is -0.00695. The molecule has 0 rings (SSSR count). The molecule has 0 aromatic rings. The molecule has 22 heavy (non-hydrogen) atoms. The van der Waals surface area contributed by atoms with Gasteiger partial charge in [0.1, 0.15) is 0 Å². The highest BCUT2D eigenvalue weighted by atomic mass is 16.3. The van der Waals surface area contributed by atoms with Crippen LogP contribution in [0.3, 0.4) is 0 Å². The molecule has 0 spiro atoms. The molecule has 0 saturated carbocycles. The number of likely N-dealkylation sites (N-methyl/N-ethyl adjacent to an activating group) is 1. The predicted molar refractivity (Wildman–Crippen MR) is 117 cm³/mol. The van der Waals surface area contributed by atoms with Crippen molar-refractivity contribution in [3.05, 3.63) is 87.2 Å². The number of hydrogen-bond donors (Lipinski definition) is 1. The monoisotopic (exact) mass is 315 g/mol. The quantitative estimate of drug-likeness (QED) is 0.628. The molecular formula is C20H45NO. The first-order valence-corrected chi connectivity index (χ1v) is 6.30. The zero-order chi connectivity index (χ0) is 16.6. The summed E-state index contributed by atoms with van der Waals surface area (Å²) in [6.07, 6.45) is 0.880. The highest BCUT2D eigenvalue weighted by Gasteiger charge is 2.11. The molecule has 0 radical (unpaired) electrons. The Balaban J connectivity index is -0.0000000210. The summed E-state index contributed by atoms with van der Waals surface area (Å²) in [7, 11) is 3.78. The molecule has 0 bridgehead atoms. The summed E-state index contributed by atoms with van der Waals surface area (Å²) in [5.41, 5.74) is 32.7. The van der Waals surface area contributed by atoms with Gasteiger partial charge in [0, 0.05) is 27.4 Å². The van der Waals surface area contributed by atoms with Gasteiger partial charge in [0.2, 0.25) is 0 Å². The maximum absolute atomic E-state index is 9.74. The lowest BCUT2D eigenvalue weighted by Crippen LogP contribution is -2.34. The van der Waals surface area contributed by atoms with E-state index in [0.717, 1.165) is 0 Å².